The molecule has 0 aromatic rings. The summed E-state index contributed by atoms with van der Waals surface area (Å²) >= 11 is 0. The van der Waals surface area contributed by atoms with E-state index in [0.29, 0.717) is 29.8 Å². The molecule has 0 amide bonds. The van der Waals surface area contributed by atoms with Gasteiger partial charge in [0, 0.05) is 26.1 Å². The second kappa shape index (κ2) is 8.24. The number of hydrogen-bond donors (Lipinski definition) is 1. The molecule has 3 rings (SSSR count). The van der Waals surface area contributed by atoms with Crippen LogP contribution in [0.5, 0.6) is 0 Å². The molecular formula is C21H39NO3. The Kier molecular flexibility index (Phi) is 6.46. The lowest BCUT2D eigenvalue weighted by Crippen LogP contribution is -2.46. The van der Waals surface area contributed by atoms with Gasteiger partial charge in [-0.2, -0.15) is 5.06 Å². The fourth-order valence-corrected chi connectivity index (χ4v) is 5.65. The molecule has 0 aromatic carbocycles. The van der Waals surface area contributed by atoms with E-state index in [9.17, 15) is 5.11 Å². The first-order valence-corrected chi connectivity index (χ1v) is 10.5. The molecule has 3 aliphatic rings. The highest BCUT2D eigenvalue weighted by molar-refractivity contribution is 4.93. The average molecular weight is 354 g/mol. The monoisotopic (exact) mass is 353 g/mol. The number of hydrogen-bond acceptors (Lipinski definition) is 4. The highest BCUT2D eigenvalue weighted by Gasteiger charge is 2.43. The molecule has 1 N–H and O–H groups in total. The van der Waals surface area contributed by atoms with Gasteiger partial charge in [-0.05, 0) is 61.7 Å². The molecule has 0 spiro atoms. The lowest BCUT2D eigenvalue weighted by molar-refractivity contribution is -0.145. The molecule has 1 heterocycles. The van der Waals surface area contributed by atoms with Gasteiger partial charge in [0.1, 0.15) is 0 Å². The predicted molar refractivity (Wildman–Crippen MR) is 100 cm³/mol. The maximum atomic E-state index is 10.5. The largest absolute Gasteiger partial charge is 0.393 e. The van der Waals surface area contributed by atoms with Gasteiger partial charge in [0.15, 0.2) is 0 Å². The van der Waals surface area contributed by atoms with E-state index < -0.39 is 0 Å². The summed E-state index contributed by atoms with van der Waals surface area (Å²) in [7, 11) is 1.89. The Morgan fingerprint density at radius 2 is 1.92 bits per heavy atom. The number of methoxy groups -OCH3 is 1. The van der Waals surface area contributed by atoms with Gasteiger partial charge in [0.2, 0.25) is 0 Å². The standard InChI is InChI=1S/C21H39NO3/c1-21(2,3)17-11-16(12-18(23)13-17)19-8-5-7-15(20(19)24-4)14-22-9-6-10-25-22/h15-20,23H,5-14H2,1-4H3. The molecule has 25 heavy (non-hydrogen) atoms. The topological polar surface area (TPSA) is 41.9 Å². The molecule has 146 valence electrons. The molecule has 0 bridgehead atoms. The normalized spacial score (nSPS) is 41.2. The van der Waals surface area contributed by atoms with Crippen LogP contribution in [-0.2, 0) is 9.57 Å². The van der Waals surface area contributed by atoms with Gasteiger partial charge in [-0.25, -0.2) is 0 Å². The molecule has 1 saturated heterocycles. The molecule has 4 nitrogen and oxygen atoms in total. The van der Waals surface area contributed by atoms with Gasteiger partial charge in [0.25, 0.3) is 0 Å². The lowest BCUT2D eigenvalue weighted by Gasteiger charge is -2.47. The maximum Gasteiger partial charge on any atom is 0.0698 e. The summed E-state index contributed by atoms with van der Waals surface area (Å²) in [4.78, 5) is 5.75. The Morgan fingerprint density at radius 3 is 2.56 bits per heavy atom. The van der Waals surface area contributed by atoms with Gasteiger partial charge < -0.3 is 9.84 Å². The van der Waals surface area contributed by atoms with Crippen molar-refractivity contribution in [1.29, 1.82) is 0 Å². The van der Waals surface area contributed by atoms with E-state index in [0.717, 1.165) is 39.0 Å². The third-order valence-electron chi connectivity index (χ3n) is 7.08. The van der Waals surface area contributed by atoms with Crippen LogP contribution in [0.3, 0.4) is 0 Å². The van der Waals surface area contributed by atoms with Crippen molar-refractivity contribution >= 4 is 0 Å². The average Bonchev–Trinajstić information content (AvgIpc) is 3.06. The van der Waals surface area contributed by atoms with E-state index >= 15 is 0 Å². The Bertz CT molecular complexity index is 416. The highest BCUT2D eigenvalue weighted by Crippen LogP contribution is 2.47. The number of aliphatic hydroxyl groups is 1. The summed E-state index contributed by atoms with van der Waals surface area (Å²) in [6.07, 6.45) is 8.29. The second-order valence-electron chi connectivity index (χ2n) is 9.81. The number of ether oxygens (including phenoxy) is 1. The summed E-state index contributed by atoms with van der Waals surface area (Å²) in [5.74, 6) is 2.36. The Hall–Kier alpha value is -0.160. The van der Waals surface area contributed by atoms with Crippen molar-refractivity contribution in [3.8, 4) is 0 Å². The lowest BCUT2D eigenvalue weighted by atomic mass is 9.62. The second-order valence-corrected chi connectivity index (χ2v) is 9.81. The van der Waals surface area contributed by atoms with Crippen LogP contribution in [0.15, 0.2) is 0 Å². The molecular weight excluding hydrogens is 314 g/mol. The molecule has 4 heteroatoms. The van der Waals surface area contributed by atoms with E-state index in [1.54, 1.807) is 0 Å². The van der Waals surface area contributed by atoms with Crippen LogP contribution in [0.2, 0.25) is 0 Å². The Balaban J connectivity index is 1.68. The minimum atomic E-state index is -0.136. The van der Waals surface area contributed by atoms with Crippen LogP contribution in [0.1, 0.15) is 65.7 Å². The number of nitrogens with zero attached hydrogens (tertiary/aromatic N) is 1. The molecule has 1 aliphatic heterocycles. The van der Waals surface area contributed by atoms with Crippen molar-refractivity contribution in [2.75, 3.05) is 26.8 Å². The smallest absolute Gasteiger partial charge is 0.0698 e. The van der Waals surface area contributed by atoms with Crippen LogP contribution >= 0.6 is 0 Å². The molecule has 6 unspecified atom stereocenters. The first kappa shape index (κ1) is 19.6. The van der Waals surface area contributed by atoms with E-state index in [1.807, 2.05) is 7.11 Å². The van der Waals surface area contributed by atoms with Crippen molar-refractivity contribution in [2.24, 2.45) is 29.1 Å². The van der Waals surface area contributed by atoms with Crippen LogP contribution in [0.25, 0.3) is 0 Å². The molecule has 6 atom stereocenters. The van der Waals surface area contributed by atoms with Gasteiger partial charge in [-0.15, -0.1) is 0 Å². The molecule has 0 radical (unpaired) electrons. The van der Waals surface area contributed by atoms with Crippen molar-refractivity contribution in [3.63, 3.8) is 0 Å². The third-order valence-corrected chi connectivity index (χ3v) is 7.08. The first-order chi connectivity index (χ1) is 11.9. The number of rotatable bonds is 4. The first-order valence-electron chi connectivity index (χ1n) is 10.5. The zero-order valence-electron chi connectivity index (χ0n) is 16.7. The van der Waals surface area contributed by atoms with E-state index in [2.05, 4.69) is 25.8 Å². The quantitative estimate of drug-likeness (QED) is 0.833. The summed E-state index contributed by atoms with van der Waals surface area (Å²) in [6.45, 7) is 9.92. The van der Waals surface area contributed by atoms with Gasteiger partial charge in [-0.3, -0.25) is 4.84 Å². The molecule has 2 saturated carbocycles. The summed E-state index contributed by atoms with van der Waals surface area (Å²) in [5.41, 5.74) is 0.277. The van der Waals surface area contributed by atoms with Gasteiger partial charge >= 0.3 is 0 Å². The van der Waals surface area contributed by atoms with Crippen LogP contribution in [-0.4, -0.2) is 49.2 Å². The van der Waals surface area contributed by atoms with Crippen molar-refractivity contribution < 1.29 is 14.7 Å². The van der Waals surface area contributed by atoms with Crippen molar-refractivity contribution in [2.45, 2.75) is 77.9 Å². The molecule has 0 aromatic heterocycles. The van der Waals surface area contributed by atoms with Crippen molar-refractivity contribution in [1.82, 2.24) is 5.06 Å². The Morgan fingerprint density at radius 1 is 1.12 bits per heavy atom. The Labute approximate surface area is 154 Å². The summed E-state index contributed by atoms with van der Waals surface area (Å²) in [5, 5.41) is 12.7. The number of aliphatic hydroxyl groups excluding tert-OH is 1. The van der Waals surface area contributed by atoms with Crippen LogP contribution < -0.4 is 0 Å². The van der Waals surface area contributed by atoms with E-state index in [-0.39, 0.29) is 11.5 Å². The minimum Gasteiger partial charge on any atom is -0.393 e. The zero-order valence-corrected chi connectivity index (χ0v) is 16.7. The van der Waals surface area contributed by atoms with Gasteiger partial charge in [-0.1, -0.05) is 27.2 Å². The van der Waals surface area contributed by atoms with Gasteiger partial charge in [0.05, 0.1) is 18.8 Å². The van der Waals surface area contributed by atoms with Crippen LogP contribution in [0.4, 0.5) is 0 Å². The fraction of sp³-hybridized carbons (Fsp3) is 1.00. The molecule has 2 aliphatic carbocycles. The summed E-state index contributed by atoms with van der Waals surface area (Å²) < 4.78 is 6.07. The van der Waals surface area contributed by atoms with E-state index in [1.165, 1.54) is 25.7 Å². The minimum absolute atomic E-state index is 0.136. The van der Waals surface area contributed by atoms with Crippen molar-refractivity contribution in [3.05, 3.63) is 0 Å². The summed E-state index contributed by atoms with van der Waals surface area (Å²) in [6, 6.07) is 0. The van der Waals surface area contributed by atoms with Crippen LogP contribution in [0, 0.1) is 29.1 Å². The maximum absolute atomic E-state index is 10.5. The third kappa shape index (κ3) is 4.77. The predicted octanol–water partition coefficient (Wildman–Crippen LogP) is 3.88. The number of hydroxylamine groups is 2. The molecule has 3 fully saturated rings. The van der Waals surface area contributed by atoms with E-state index in [4.69, 9.17) is 9.57 Å². The fourth-order valence-electron chi connectivity index (χ4n) is 5.65. The zero-order chi connectivity index (χ0) is 18.0. The SMILES string of the molecule is COC1C(CN2CCCO2)CCCC1C1CC(O)CC(C(C)(C)C)C1. The highest BCUT2D eigenvalue weighted by atomic mass is 16.7.